The van der Waals surface area contributed by atoms with Crippen molar-refractivity contribution in [1.29, 1.82) is 0 Å². The van der Waals surface area contributed by atoms with Crippen molar-refractivity contribution in [2.24, 2.45) is 16.7 Å². The number of ketones is 1. The zero-order valence-electron chi connectivity index (χ0n) is 17.5. The molecule has 4 aliphatic rings. The van der Waals surface area contributed by atoms with E-state index in [4.69, 9.17) is 23.2 Å². The van der Waals surface area contributed by atoms with Crippen molar-refractivity contribution >= 4 is 34.9 Å². The fourth-order valence-electron chi connectivity index (χ4n) is 6.92. The van der Waals surface area contributed by atoms with Gasteiger partial charge in [0.2, 0.25) is 5.91 Å². The standard InChI is InChI=1S/C24H24Cl2F2N2O2/c1-13(31)20-19(14-3-2-4-15(25)7-14)24(23(30-20)9-22(10-23,11-27)12-28)17-6-5-16(26)8-18(17)29-21(24)32/h2-8,17-20,30H,9-12H2,1H3,(H,29,32)/t17?,18?,19-,20-,24+/m0/s1. The van der Waals surface area contributed by atoms with E-state index >= 15 is 0 Å². The number of amides is 1. The molecule has 5 atom stereocenters. The second kappa shape index (κ2) is 7.37. The van der Waals surface area contributed by atoms with Crippen LogP contribution in [0.1, 0.15) is 31.2 Å². The lowest BCUT2D eigenvalue weighted by Gasteiger charge is -2.60. The van der Waals surface area contributed by atoms with Crippen molar-refractivity contribution in [2.75, 3.05) is 13.3 Å². The van der Waals surface area contributed by atoms with Crippen LogP contribution < -0.4 is 10.6 Å². The number of allylic oxidation sites excluding steroid dienone is 2. The highest BCUT2D eigenvalue weighted by Crippen LogP contribution is 2.70. The first kappa shape index (κ1) is 22.1. The number of nitrogens with one attached hydrogen (secondary N) is 2. The third kappa shape index (κ3) is 2.75. The van der Waals surface area contributed by atoms with E-state index in [1.54, 1.807) is 30.4 Å². The molecule has 2 spiro atoms. The molecule has 1 amide bonds. The van der Waals surface area contributed by atoms with Gasteiger partial charge in [0.1, 0.15) is 5.78 Å². The lowest BCUT2D eigenvalue weighted by Crippen LogP contribution is -2.70. The predicted molar refractivity (Wildman–Crippen MR) is 119 cm³/mol. The molecule has 2 unspecified atom stereocenters. The quantitative estimate of drug-likeness (QED) is 0.677. The maximum atomic E-state index is 13.9. The molecule has 32 heavy (non-hydrogen) atoms. The third-order valence-corrected chi connectivity index (χ3v) is 8.49. The topological polar surface area (TPSA) is 58.2 Å². The van der Waals surface area contributed by atoms with Crippen LogP contribution in [0.15, 0.2) is 47.5 Å². The molecular weight excluding hydrogens is 457 g/mol. The Kier molecular flexibility index (Phi) is 5.08. The first-order chi connectivity index (χ1) is 15.2. The predicted octanol–water partition coefficient (Wildman–Crippen LogP) is 4.24. The number of carbonyl (C=O) groups is 2. The van der Waals surface area contributed by atoms with E-state index in [0.717, 1.165) is 5.56 Å². The van der Waals surface area contributed by atoms with Crippen LogP contribution >= 0.6 is 23.2 Å². The van der Waals surface area contributed by atoms with Crippen molar-refractivity contribution in [3.8, 4) is 0 Å². The van der Waals surface area contributed by atoms with Gasteiger partial charge in [0.05, 0.1) is 30.8 Å². The summed E-state index contributed by atoms with van der Waals surface area (Å²) in [5.41, 5.74) is -2.45. The molecule has 3 fully saturated rings. The molecule has 170 valence electrons. The van der Waals surface area contributed by atoms with Crippen molar-refractivity contribution in [2.45, 2.75) is 43.3 Å². The third-order valence-electron chi connectivity index (χ3n) is 8.00. The summed E-state index contributed by atoms with van der Waals surface area (Å²) in [6.45, 7) is -0.143. The molecule has 0 bridgehead atoms. The maximum absolute atomic E-state index is 13.9. The molecule has 0 aromatic heterocycles. The van der Waals surface area contributed by atoms with E-state index in [1.807, 2.05) is 12.1 Å². The van der Waals surface area contributed by atoms with Gasteiger partial charge >= 0.3 is 0 Å². The minimum atomic E-state index is -1.14. The van der Waals surface area contributed by atoms with E-state index in [-0.39, 0.29) is 36.5 Å². The first-order valence-corrected chi connectivity index (χ1v) is 11.5. The van der Waals surface area contributed by atoms with Gasteiger partial charge in [0.15, 0.2) is 0 Å². The number of hydrogen-bond donors (Lipinski definition) is 2. The summed E-state index contributed by atoms with van der Waals surface area (Å²) < 4.78 is 27.8. The van der Waals surface area contributed by atoms with Gasteiger partial charge in [-0.15, -0.1) is 0 Å². The van der Waals surface area contributed by atoms with Gasteiger partial charge in [-0.3, -0.25) is 18.4 Å². The summed E-state index contributed by atoms with van der Waals surface area (Å²) in [7, 11) is 0. The Morgan fingerprint density at radius 3 is 2.56 bits per heavy atom. The molecular formula is C24H24Cl2F2N2O2. The summed E-state index contributed by atoms with van der Waals surface area (Å²) in [5.74, 6) is -1.25. The number of benzene rings is 1. The number of Topliss-reactive ketones (excluding diaryl/α,β-unsaturated/α-hetero) is 1. The van der Waals surface area contributed by atoms with Gasteiger partial charge in [-0.2, -0.15) is 0 Å². The highest BCUT2D eigenvalue weighted by Gasteiger charge is 2.79. The fraction of sp³-hybridized carbons (Fsp3) is 0.500. The van der Waals surface area contributed by atoms with Crippen LogP contribution in [0, 0.1) is 16.7 Å². The maximum Gasteiger partial charge on any atom is 0.229 e. The molecule has 2 saturated heterocycles. The molecule has 4 nitrogen and oxygen atoms in total. The number of alkyl halides is 2. The molecule has 1 aromatic rings. The molecule has 2 N–H and O–H groups in total. The van der Waals surface area contributed by atoms with Crippen LogP contribution in [0.2, 0.25) is 5.02 Å². The number of rotatable bonds is 4. The average molecular weight is 481 g/mol. The Hall–Kier alpha value is -1.76. The molecule has 5 rings (SSSR count). The van der Waals surface area contributed by atoms with Gasteiger partial charge in [-0.1, -0.05) is 41.4 Å². The van der Waals surface area contributed by atoms with Gasteiger partial charge in [-0.25, -0.2) is 0 Å². The van der Waals surface area contributed by atoms with Gasteiger partial charge in [0, 0.05) is 32.8 Å². The lowest BCUT2D eigenvalue weighted by molar-refractivity contribution is -0.146. The largest absolute Gasteiger partial charge is 0.349 e. The highest BCUT2D eigenvalue weighted by molar-refractivity contribution is 6.31. The number of hydrogen-bond acceptors (Lipinski definition) is 3. The molecule has 2 heterocycles. The second-order valence-electron chi connectivity index (χ2n) is 9.77. The second-order valence-corrected chi connectivity index (χ2v) is 10.6. The summed E-state index contributed by atoms with van der Waals surface area (Å²) >= 11 is 12.5. The Morgan fingerprint density at radius 2 is 1.94 bits per heavy atom. The van der Waals surface area contributed by atoms with Crippen LogP contribution in [0.3, 0.4) is 0 Å². The van der Waals surface area contributed by atoms with Crippen LogP contribution in [0.25, 0.3) is 0 Å². The van der Waals surface area contributed by atoms with Crippen molar-refractivity contribution in [1.82, 2.24) is 10.6 Å². The van der Waals surface area contributed by atoms with Crippen LogP contribution in [-0.2, 0) is 9.59 Å². The van der Waals surface area contributed by atoms with E-state index in [0.29, 0.717) is 10.1 Å². The minimum Gasteiger partial charge on any atom is -0.349 e. The fourth-order valence-corrected chi connectivity index (χ4v) is 7.33. The summed E-state index contributed by atoms with van der Waals surface area (Å²) in [4.78, 5) is 26.8. The Bertz CT molecular complexity index is 1050. The Balaban J connectivity index is 1.74. The van der Waals surface area contributed by atoms with E-state index < -0.39 is 41.7 Å². The molecule has 1 aromatic carbocycles. The van der Waals surface area contributed by atoms with Gasteiger partial charge in [-0.05, 0) is 49.6 Å². The van der Waals surface area contributed by atoms with Gasteiger partial charge < -0.3 is 10.6 Å². The van der Waals surface area contributed by atoms with Crippen molar-refractivity contribution < 1.29 is 18.4 Å². The molecule has 2 aliphatic carbocycles. The Morgan fingerprint density at radius 1 is 1.22 bits per heavy atom. The monoisotopic (exact) mass is 480 g/mol. The number of fused-ring (bicyclic) bond motifs is 3. The van der Waals surface area contributed by atoms with E-state index in [1.165, 1.54) is 6.92 Å². The zero-order valence-corrected chi connectivity index (χ0v) is 19.0. The summed E-state index contributed by atoms with van der Waals surface area (Å²) in [5, 5.41) is 7.49. The average Bonchev–Trinajstić information content (AvgIpc) is 3.20. The van der Waals surface area contributed by atoms with Crippen molar-refractivity contribution in [3.05, 3.63) is 58.1 Å². The molecule has 0 radical (unpaired) electrons. The minimum absolute atomic E-state index is 0.131. The Labute approximate surface area is 195 Å². The normalized spacial score (nSPS) is 36.0. The molecule has 8 heteroatoms. The van der Waals surface area contributed by atoms with Gasteiger partial charge in [0.25, 0.3) is 0 Å². The van der Waals surface area contributed by atoms with E-state index in [9.17, 15) is 18.4 Å². The zero-order chi connectivity index (χ0) is 22.9. The summed E-state index contributed by atoms with van der Waals surface area (Å²) in [6.07, 6.45) is 5.72. The van der Waals surface area contributed by atoms with Crippen LogP contribution in [0.5, 0.6) is 0 Å². The number of carbonyl (C=O) groups excluding carboxylic acids is 2. The molecule has 1 saturated carbocycles. The van der Waals surface area contributed by atoms with Crippen LogP contribution in [0.4, 0.5) is 8.78 Å². The lowest BCUT2D eigenvalue weighted by atomic mass is 9.44. The number of halogens is 4. The smallest absolute Gasteiger partial charge is 0.229 e. The highest BCUT2D eigenvalue weighted by atomic mass is 35.5. The van der Waals surface area contributed by atoms with Crippen molar-refractivity contribution in [3.63, 3.8) is 0 Å². The SMILES string of the molecule is CC(=O)[C@@H]1NC2(CC(CF)(CF)C2)[C@@]2(C(=O)NC3C=C(Cl)C=CC32)[C@H]1c1cccc(Cl)c1. The summed E-state index contributed by atoms with van der Waals surface area (Å²) in [6, 6.07) is 6.11. The van der Waals surface area contributed by atoms with E-state index in [2.05, 4.69) is 10.6 Å². The van der Waals surface area contributed by atoms with Crippen LogP contribution in [-0.4, -0.2) is 42.7 Å². The first-order valence-electron chi connectivity index (χ1n) is 10.7. The molecule has 2 aliphatic heterocycles.